The maximum absolute atomic E-state index is 13.8. The van der Waals surface area contributed by atoms with Gasteiger partial charge in [0.15, 0.2) is 0 Å². The monoisotopic (exact) mass is 287 g/mol. The molecule has 1 aliphatic rings. The Morgan fingerprint density at radius 1 is 1.00 bits per heavy atom. The summed E-state index contributed by atoms with van der Waals surface area (Å²) in [5, 5.41) is 0. The highest BCUT2D eigenvalue weighted by Gasteiger charge is 2.26. The van der Waals surface area contributed by atoms with Crippen LogP contribution >= 0.6 is 0 Å². The van der Waals surface area contributed by atoms with Crippen molar-refractivity contribution in [3.8, 4) is 0 Å². The Labute approximate surface area is 123 Å². The third kappa shape index (κ3) is 2.84. The molecule has 3 heteroatoms. The summed E-state index contributed by atoms with van der Waals surface area (Å²) in [4.78, 5) is 0. The minimum Gasteiger partial charge on any atom is -0.324 e. The fourth-order valence-electron chi connectivity index (χ4n) is 3.29. The maximum atomic E-state index is 13.8. The van der Waals surface area contributed by atoms with Crippen LogP contribution in [-0.4, -0.2) is 0 Å². The number of nitrogens with two attached hydrogens (primary N) is 1. The summed E-state index contributed by atoms with van der Waals surface area (Å²) < 4.78 is 27.7. The summed E-state index contributed by atoms with van der Waals surface area (Å²) >= 11 is 0. The smallest absolute Gasteiger partial charge is 0.129 e. The van der Waals surface area contributed by atoms with Gasteiger partial charge in [0.1, 0.15) is 11.6 Å². The quantitative estimate of drug-likeness (QED) is 0.825. The van der Waals surface area contributed by atoms with Gasteiger partial charge in [-0.3, -0.25) is 0 Å². The molecular weight excluding hydrogens is 268 g/mol. The van der Waals surface area contributed by atoms with Gasteiger partial charge in [0, 0.05) is 11.6 Å². The van der Waals surface area contributed by atoms with Crippen molar-refractivity contribution in [1.82, 2.24) is 0 Å². The standard InChI is InChI=1S/C18H19F2N/c19-16-9-4-10-17(20)15(16)11-13-7-3-6-12-5-1-2-8-14(12)18(13)21/h1-2,4-5,8-10,13,18H,3,6-7,11,21H2. The van der Waals surface area contributed by atoms with Crippen LogP contribution in [-0.2, 0) is 12.8 Å². The second-order valence-corrected chi connectivity index (χ2v) is 5.78. The van der Waals surface area contributed by atoms with Crippen LogP contribution in [0.5, 0.6) is 0 Å². The number of benzene rings is 2. The van der Waals surface area contributed by atoms with E-state index in [-0.39, 0.29) is 17.5 Å². The molecule has 0 aromatic heterocycles. The molecule has 110 valence electrons. The van der Waals surface area contributed by atoms with Crippen molar-refractivity contribution in [2.45, 2.75) is 31.7 Å². The third-order valence-corrected chi connectivity index (χ3v) is 4.47. The number of halogens is 2. The van der Waals surface area contributed by atoms with E-state index >= 15 is 0 Å². The van der Waals surface area contributed by atoms with Crippen LogP contribution in [0.15, 0.2) is 42.5 Å². The normalized spacial score (nSPS) is 21.7. The molecule has 2 aromatic carbocycles. The van der Waals surface area contributed by atoms with Crippen LogP contribution < -0.4 is 5.73 Å². The highest BCUT2D eigenvalue weighted by molar-refractivity contribution is 5.32. The Balaban J connectivity index is 1.90. The first-order valence-corrected chi connectivity index (χ1v) is 7.43. The minimum absolute atomic E-state index is 0.0695. The Kier molecular flexibility index (Phi) is 4.02. The number of hydrogen-bond donors (Lipinski definition) is 1. The van der Waals surface area contributed by atoms with Gasteiger partial charge in [-0.1, -0.05) is 30.3 Å². The Morgan fingerprint density at radius 2 is 1.71 bits per heavy atom. The molecule has 3 rings (SSSR count). The summed E-state index contributed by atoms with van der Waals surface area (Å²) in [5.41, 5.74) is 8.95. The van der Waals surface area contributed by atoms with Gasteiger partial charge < -0.3 is 5.73 Å². The van der Waals surface area contributed by atoms with Gasteiger partial charge in [-0.25, -0.2) is 8.78 Å². The van der Waals surface area contributed by atoms with E-state index in [1.54, 1.807) is 0 Å². The van der Waals surface area contributed by atoms with Crippen LogP contribution in [0, 0.1) is 17.6 Å². The molecule has 1 nitrogen and oxygen atoms in total. The van der Waals surface area contributed by atoms with E-state index < -0.39 is 11.6 Å². The largest absolute Gasteiger partial charge is 0.324 e. The van der Waals surface area contributed by atoms with Crippen LogP contribution in [0.2, 0.25) is 0 Å². The van der Waals surface area contributed by atoms with E-state index in [4.69, 9.17) is 5.73 Å². The fraction of sp³-hybridized carbons (Fsp3) is 0.333. The van der Waals surface area contributed by atoms with Gasteiger partial charge in [-0.05, 0) is 54.9 Å². The maximum Gasteiger partial charge on any atom is 0.129 e. The van der Waals surface area contributed by atoms with Crippen molar-refractivity contribution in [1.29, 1.82) is 0 Å². The first-order chi connectivity index (χ1) is 10.2. The topological polar surface area (TPSA) is 26.0 Å². The summed E-state index contributed by atoms with van der Waals surface area (Å²) in [6.07, 6.45) is 3.24. The van der Waals surface area contributed by atoms with Crippen molar-refractivity contribution in [3.05, 3.63) is 70.8 Å². The van der Waals surface area contributed by atoms with E-state index in [1.807, 2.05) is 18.2 Å². The SMILES string of the molecule is NC1c2ccccc2CCCC1Cc1c(F)cccc1F. The van der Waals surface area contributed by atoms with Gasteiger partial charge in [-0.15, -0.1) is 0 Å². The molecule has 0 spiro atoms. The number of aryl methyl sites for hydroxylation is 1. The first-order valence-electron chi connectivity index (χ1n) is 7.43. The molecule has 0 bridgehead atoms. The molecule has 0 fully saturated rings. The van der Waals surface area contributed by atoms with Gasteiger partial charge in [0.25, 0.3) is 0 Å². The average Bonchev–Trinajstić information content (AvgIpc) is 2.63. The number of rotatable bonds is 2. The van der Waals surface area contributed by atoms with Gasteiger partial charge in [0.05, 0.1) is 0 Å². The van der Waals surface area contributed by atoms with E-state index in [2.05, 4.69) is 6.07 Å². The lowest BCUT2D eigenvalue weighted by atomic mass is 9.86. The van der Waals surface area contributed by atoms with E-state index in [0.29, 0.717) is 6.42 Å². The molecule has 2 N–H and O–H groups in total. The zero-order valence-corrected chi connectivity index (χ0v) is 11.9. The lowest BCUT2D eigenvalue weighted by Crippen LogP contribution is -2.23. The summed E-state index contributed by atoms with van der Waals surface area (Å²) in [6.45, 7) is 0. The highest BCUT2D eigenvalue weighted by atomic mass is 19.1. The molecule has 1 aliphatic carbocycles. The molecule has 21 heavy (non-hydrogen) atoms. The van der Waals surface area contributed by atoms with Crippen molar-refractivity contribution in [2.75, 3.05) is 0 Å². The van der Waals surface area contributed by atoms with Crippen LogP contribution in [0.25, 0.3) is 0 Å². The van der Waals surface area contributed by atoms with E-state index in [9.17, 15) is 8.78 Å². The molecule has 0 heterocycles. The first kappa shape index (κ1) is 14.2. The molecule has 0 aliphatic heterocycles. The molecular formula is C18H19F2N. The summed E-state index contributed by atoms with van der Waals surface area (Å²) in [7, 11) is 0. The number of hydrogen-bond acceptors (Lipinski definition) is 1. The molecule has 2 aromatic rings. The lowest BCUT2D eigenvalue weighted by Gasteiger charge is -2.23. The lowest BCUT2D eigenvalue weighted by molar-refractivity contribution is 0.388. The highest BCUT2D eigenvalue weighted by Crippen LogP contribution is 2.34. The fourth-order valence-corrected chi connectivity index (χ4v) is 3.29. The van der Waals surface area contributed by atoms with E-state index in [0.717, 1.165) is 24.8 Å². The summed E-state index contributed by atoms with van der Waals surface area (Å²) in [6, 6.07) is 12.0. The van der Waals surface area contributed by atoms with Crippen LogP contribution in [0.1, 0.15) is 35.6 Å². The minimum atomic E-state index is -0.472. The second-order valence-electron chi connectivity index (χ2n) is 5.78. The molecule has 2 atom stereocenters. The molecule has 0 radical (unpaired) electrons. The van der Waals surface area contributed by atoms with Crippen LogP contribution in [0.3, 0.4) is 0 Å². The number of fused-ring (bicyclic) bond motifs is 1. The van der Waals surface area contributed by atoms with Crippen LogP contribution in [0.4, 0.5) is 8.78 Å². The zero-order chi connectivity index (χ0) is 14.8. The van der Waals surface area contributed by atoms with Crippen molar-refractivity contribution < 1.29 is 8.78 Å². The van der Waals surface area contributed by atoms with Gasteiger partial charge in [-0.2, -0.15) is 0 Å². The van der Waals surface area contributed by atoms with E-state index in [1.165, 1.54) is 23.8 Å². The Bertz CT molecular complexity index is 619. The predicted octanol–water partition coefficient (Wildman–Crippen LogP) is 4.16. The molecule has 0 saturated carbocycles. The Morgan fingerprint density at radius 3 is 2.48 bits per heavy atom. The third-order valence-electron chi connectivity index (χ3n) is 4.47. The molecule has 0 saturated heterocycles. The van der Waals surface area contributed by atoms with Gasteiger partial charge in [0.2, 0.25) is 0 Å². The van der Waals surface area contributed by atoms with Gasteiger partial charge >= 0.3 is 0 Å². The Hall–Kier alpha value is -1.74. The average molecular weight is 287 g/mol. The predicted molar refractivity (Wildman–Crippen MR) is 79.9 cm³/mol. The van der Waals surface area contributed by atoms with Crippen molar-refractivity contribution >= 4 is 0 Å². The zero-order valence-electron chi connectivity index (χ0n) is 11.9. The molecule has 0 amide bonds. The second kappa shape index (κ2) is 5.94. The summed E-state index contributed by atoms with van der Waals surface area (Å²) in [5.74, 6) is -0.875. The van der Waals surface area contributed by atoms with Crippen molar-refractivity contribution in [2.24, 2.45) is 11.7 Å². The molecule has 2 unspecified atom stereocenters. The van der Waals surface area contributed by atoms with Crippen molar-refractivity contribution in [3.63, 3.8) is 0 Å².